The maximum absolute atomic E-state index is 13.1. The van der Waals surface area contributed by atoms with Crippen LogP contribution in [0.4, 0.5) is 13.2 Å². The van der Waals surface area contributed by atoms with E-state index in [2.05, 4.69) is 10.3 Å². The summed E-state index contributed by atoms with van der Waals surface area (Å²) in [5.41, 5.74) is -2.11. The van der Waals surface area contributed by atoms with E-state index >= 15 is 0 Å². The van der Waals surface area contributed by atoms with Crippen molar-refractivity contribution in [3.63, 3.8) is 0 Å². The van der Waals surface area contributed by atoms with Gasteiger partial charge in [0.2, 0.25) is 0 Å². The summed E-state index contributed by atoms with van der Waals surface area (Å²) in [6.07, 6.45) is -3.16. The summed E-state index contributed by atoms with van der Waals surface area (Å²) < 4.78 is 39.5. The third-order valence-electron chi connectivity index (χ3n) is 4.86. The van der Waals surface area contributed by atoms with Gasteiger partial charge in [0.1, 0.15) is 17.1 Å². The van der Waals surface area contributed by atoms with E-state index in [1.165, 1.54) is 37.4 Å². The van der Waals surface area contributed by atoms with Crippen molar-refractivity contribution in [3.05, 3.63) is 69.6 Å². The van der Waals surface area contributed by atoms with Crippen LogP contribution in [0.5, 0.6) is 5.75 Å². The molecule has 1 atom stereocenters. The lowest BCUT2D eigenvalue weighted by molar-refractivity contribution is -0.139. The molecule has 0 saturated heterocycles. The fourth-order valence-electron chi connectivity index (χ4n) is 3.17. The van der Waals surface area contributed by atoms with Crippen LogP contribution in [-0.4, -0.2) is 37.7 Å². The summed E-state index contributed by atoms with van der Waals surface area (Å²) in [6, 6.07) is 5.79. The number of hydrogen-bond acceptors (Lipinski definition) is 5. The molecule has 0 bridgehead atoms. The number of benzene rings is 1. The van der Waals surface area contributed by atoms with Gasteiger partial charge in [-0.3, -0.25) is 14.6 Å². The number of aromatic hydroxyl groups is 1. The largest absolute Gasteiger partial charge is 0.505 e. The first-order valence-corrected chi connectivity index (χ1v) is 9.44. The fourth-order valence-corrected chi connectivity index (χ4v) is 3.17. The van der Waals surface area contributed by atoms with Crippen molar-refractivity contribution in [1.29, 1.82) is 0 Å². The Balaban J connectivity index is 2.11. The number of aromatic nitrogens is 2. The zero-order chi connectivity index (χ0) is 23.6. The van der Waals surface area contributed by atoms with Crippen LogP contribution < -0.4 is 10.9 Å². The van der Waals surface area contributed by atoms with Crippen LogP contribution in [-0.2, 0) is 17.5 Å². The number of pyridine rings is 2. The molecular formula is C21H18F3N3O5. The van der Waals surface area contributed by atoms with Crippen molar-refractivity contribution in [2.45, 2.75) is 32.1 Å². The molecule has 168 valence electrons. The molecule has 3 aromatic rings. The molecule has 0 aliphatic carbocycles. The van der Waals surface area contributed by atoms with E-state index in [9.17, 15) is 32.7 Å². The molecule has 0 aliphatic rings. The molecule has 0 radical (unpaired) electrons. The number of aliphatic carboxylic acids is 1. The molecular weight excluding hydrogens is 431 g/mol. The number of fused-ring (bicyclic) bond motifs is 1. The molecule has 8 nitrogen and oxygen atoms in total. The average Bonchev–Trinajstić information content (AvgIpc) is 2.74. The number of nitrogens with one attached hydrogen (secondary N) is 1. The van der Waals surface area contributed by atoms with Crippen molar-refractivity contribution < 1.29 is 33.0 Å². The lowest BCUT2D eigenvalue weighted by Gasteiger charge is -2.16. The van der Waals surface area contributed by atoms with E-state index in [0.717, 1.165) is 16.7 Å². The summed E-state index contributed by atoms with van der Waals surface area (Å²) in [4.78, 5) is 41.0. The Morgan fingerprint density at radius 1 is 1.19 bits per heavy atom. The lowest BCUT2D eigenvalue weighted by Crippen LogP contribution is -2.43. The van der Waals surface area contributed by atoms with Crippen LogP contribution in [0.1, 0.15) is 34.8 Å². The molecule has 1 unspecified atom stereocenters. The van der Waals surface area contributed by atoms with Crippen LogP contribution in [0.25, 0.3) is 11.0 Å². The number of carbonyl (C=O) groups is 2. The summed E-state index contributed by atoms with van der Waals surface area (Å²) >= 11 is 0. The highest BCUT2D eigenvalue weighted by molar-refractivity contribution is 6.02. The Morgan fingerprint density at radius 3 is 2.41 bits per heavy atom. The first-order chi connectivity index (χ1) is 15.0. The Bertz CT molecular complexity index is 1240. The maximum atomic E-state index is 13.1. The maximum Gasteiger partial charge on any atom is 0.416 e. The normalized spacial score (nSPS) is 12.5. The number of alkyl halides is 3. The highest BCUT2D eigenvalue weighted by atomic mass is 19.4. The van der Waals surface area contributed by atoms with Crippen molar-refractivity contribution >= 4 is 22.9 Å². The van der Waals surface area contributed by atoms with Gasteiger partial charge in [0.25, 0.3) is 11.5 Å². The van der Waals surface area contributed by atoms with E-state index in [-0.39, 0.29) is 24.0 Å². The molecule has 0 saturated carbocycles. The first-order valence-electron chi connectivity index (χ1n) is 9.44. The summed E-state index contributed by atoms with van der Waals surface area (Å²) in [6.45, 7) is 1.31. The second-order valence-electron chi connectivity index (χ2n) is 6.95. The average molecular weight is 449 g/mol. The molecule has 1 aromatic carbocycles. The van der Waals surface area contributed by atoms with Crippen LogP contribution >= 0.6 is 0 Å². The first kappa shape index (κ1) is 22.8. The van der Waals surface area contributed by atoms with Gasteiger partial charge in [-0.25, -0.2) is 4.79 Å². The van der Waals surface area contributed by atoms with Crippen LogP contribution in [0, 0.1) is 0 Å². The molecule has 11 heteroatoms. The number of carbonyl (C=O) groups excluding carboxylic acids is 1. The van der Waals surface area contributed by atoms with Crippen molar-refractivity contribution in [1.82, 2.24) is 14.9 Å². The Morgan fingerprint density at radius 2 is 1.84 bits per heavy atom. The predicted molar refractivity (Wildman–Crippen MR) is 107 cm³/mol. The molecule has 0 fully saturated rings. The SMILES string of the molecule is CCC(NC(=O)c1c(O)c2ncccc2n(Cc2ccc(C(F)(F)F)cc2)c1=O)C(=O)O. The van der Waals surface area contributed by atoms with Gasteiger partial charge in [0, 0.05) is 6.20 Å². The van der Waals surface area contributed by atoms with Gasteiger partial charge in [0.15, 0.2) is 5.75 Å². The second kappa shape index (κ2) is 8.69. The number of rotatable bonds is 6. The van der Waals surface area contributed by atoms with Crippen molar-refractivity contribution in [2.75, 3.05) is 0 Å². The fraction of sp³-hybridized carbons (Fsp3) is 0.238. The molecule has 3 N–H and O–H groups in total. The molecule has 0 aliphatic heterocycles. The van der Waals surface area contributed by atoms with Gasteiger partial charge in [-0.1, -0.05) is 19.1 Å². The smallest absolute Gasteiger partial charge is 0.416 e. The minimum absolute atomic E-state index is 0.0351. The van der Waals surface area contributed by atoms with Gasteiger partial charge in [-0.2, -0.15) is 13.2 Å². The van der Waals surface area contributed by atoms with Gasteiger partial charge in [-0.05, 0) is 36.2 Å². The molecule has 32 heavy (non-hydrogen) atoms. The number of carboxylic acids is 1. The number of amides is 1. The third-order valence-corrected chi connectivity index (χ3v) is 4.86. The highest BCUT2D eigenvalue weighted by Gasteiger charge is 2.30. The lowest BCUT2D eigenvalue weighted by atomic mass is 10.1. The van der Waals surface area contributed by atoms with Gasteiger partial charge < -0.3 is 20.1 Å². The molecule has 1 amide bonds. The Labute approximate surface area is 178 Å². The molecule has 2 heterocycles. The summed E-state index contributed by atoms with van der Waals surface area (Å²) in [5, 5.41) is 21.9. The van der Waals surface area contributed by atoms with Crippen LogP contribution in [0.3, 0.4) is 0 Å². The molecule has 3 rings (SSSR count). The quantitative estimate of drug-likeness (QED) is 0.532. The minimum Gasteiger partial charge on any atom is -0.505 e. The van der Waals surface area contributed by atoms with E-state index in [1.807, 2.05) is 0 Å². The zero-order valence-electron chi connectivity index (χ0n) is 16.7. The van der Waals surface area contributed by atoms with E-state index < -0.39 is 46.5 Å². The zero-order valence-corrected chi connectivity index (χ0v) is 16.7. The Hall–Kier alpha value is -3.89. The molecule has 2 aromatic heterocycles. The minimum atomic E-state index is -4.52. The number of nitrogens with zero attached hydrogens (tertiary/aromatic N) is 2. The van der Waals surface area contributed by atoms with Crippen molar-refractivity contribution in [3.8, 4) is 5.75 Å². The van der Waals surface area contributed by atoms with E-state index in [0.29, 0.717) is 5.56 Å². The van der Waals surface area contributed by atoms with Crippen molar-refractivity contribution in [2.24, 2.45) is 0 Å². The number of halogens is 3. The number of hydrogen-bond donors (Lipinski definition) is 3. The van der Waals surface area contributed by atoms with Gasteiger partial charge in [0.05, 0.1) is 17.6 Å². The highest BCUT2D eigenvalue weighted by Crippen LogP contribution is 2.29. The van der Waals surface area contributed by atoms with E-state index in [4.69, 9.17) is 5.11 Å². The van der Waals surface area contributed by atoms with Crippen LogP contribution in [0.2, 0.25) is 0 Å². The Kier molecular flexibility index (Phi) is 6.19. The third kappa shape index (κ3) is 4.41. The molecule has 0 spiro atoms. The summed E-state index contributed by atoms with van der Waals surface area (Å²) in [5.74, 6) is -3.13. The van der Waals surface area contributed by atoms with Crippen LogP contribution in [0.15, 0.2) is 47.4 Å². The van der Waals surface area contributed by atoms with Gasteiger partial charge >= 0.3 is 12.1 Å². The monoisotopic (exact) mass is 449 g/mol. The topological polar surface area (TPSA) is 122 Å². The summed E-state index contributed by atoms with van der Waals surface area (Å²) in [7, 11) is 0. The predicted octanol–water partition coefficient (Wildman–Crippen LogP) is 2.76. The van der Waals surface area contributed by atoms with E-state index in [1.54, 1.807) is 0 Å². The number of carboxylic acid groups (broad SMARTS) is 1. The second-order valence-corrected chi connectivity index (χ2v) is 6.95. The standard InChI is InChI=1S/C21H18F3N3O5/c1-2-13(20(31)32)26-18(29)15-17(28)16-14(4-3-9-25-16)27(19(15)30)10-11-5-7-12(8-6-11)21(22,23)24/h3-9,13,28H,2,10H2,1H3,(H,26,29)(H,31,32). The van der Waals surface area contributed by atoms with Gasteiger partial charge in [-0.15, -0.1) is 0 Å².